The molecule has 0 unspecified atom stereocenters. The van der Waals surface area contributed by atoms with Gasteiger partial charge in [0.15, 0.2) is 11.5 Å². The zero-order chi connectivity index (χ0) is 24.7. The van der Waals surface area contributed by atoms with E-state index in [0.717, 1.165) is 49.7 Å². The SMILES string of the molecule is COc1ccccc1N1CCN(Cc2ccc(C(=O)N/N=C\c3cccc4c3OCCO4)cc2)CC1. The van der Waals surface area contributed by atoms with Gasteiger partial charge in [-0.3, -0.25) is 9.69 Å². The van der Waals surface area contributed by atoms with Gasteiger partial charge >= 0.3 is 0 Å². The summed E-state index contributed by atoms with van der Waals surface area (Å²) in [6.07, 6.45) is 1.57. The van der Waals surface area contributed by atoms with E-state index in [1.54, 1.807) is 13.3 Å². The number of carbonyl (C=O) groups excluding carboxylic acids is 1. The lowest BCUT2D eigenvalue weighted by atomic mass is 10.1. The van der Waals surface area contributed by atoms with Crippen molar-refractivity contribution in [2.75, 3.05) is 51.4 Å². The van der Waals surface area contributed by atoms with Crippen LogP contribution < -0.4 is 24.5 Å². The molecule has 186 valence electrons. The lowest BCUT2D eigenvalue weighted by molar-refractivity contribution is 0.0955. The Balaban J connectivity index is 1.12. The number of hydrogen-bond acceptors (Lipinski definition) is 7. The number of para-hydroxylation sites is 3. The van der Waals surface area contributed by atoms with Crippen molar-refractivity contribution in [1.82, 2.24) is 10.3 Å². The largest absolute Gasteiger partial charge is 0.495 e. The average molecular weight is 487 g/mol. The molecule has 0 aliphatic carbocycles. The van der Waals surface area contributed by atoms with Gasteiger partial charge in [-0.15, -0.1) is 0 Å². The minimum Gasteiger partial charge on any atom is -0.495 e. The van der Waals surface area contributed by atoms with Gasteiger partial charge < -0.3 is 19.1 Å². The number of carbonyl (C=O) groups is 1. The average Bonchev–Trinajstić information content (AvgIpc) is 2.94. The molecule has 8 heteroatoms. The molecule has 1 fully saturated rings. The van der Waals surface area contributed by atoms with Gasteiger partial charge in [-0.2, -0.15) is 5.10 Å². The van der Waals surface area contributed by atoms with Crippen LogP contribution in [0.3, 0.4) is 0 Å². The second-order valence-electron chi connectivity index (χ2n) is 8.70. The fourth-order valence-corrected chi connectivity index (χ4v) is 4.48. The topological polar surface area (TPSA) is 75.6 Å². The molecule has 3 aromatic rings. The molecule has 36 heavy (non-hydrogen) atoms. The molecule has 0 atom stereocenters. The highest BCUT2D eigenvalue weighted by Gasteiger charge is 2.20. The molecule has 0 spiro atoms. The number of benzene rings is 3. The van der Waals surface area contributed by atoms with E-state index in [-0.39, 0.29) is 5.91 Å². The highest BCUT2D eigenvalue weighted by atomic mass is 16.6. The fraction of sp³-hybridized carbons (Fsp3) is 0.286. The van der Waals surface area contributed by atoms with Crippen molar-refractivity contribution >= 4 is 17.8 Å². The van der Waals surface area contributed by atoms with Crippen LogP contribution in [0, 0.1) is 0 Å². The first-order valence-electron chi connectivity index (χ1n) is 12.1. The van der Waals surface area contributed by atoms with E-state index in [0.29, 0.717) is 30.3 Å². The van der Waals surface area contributed by atoms with Gasteiger partial charge in [0.05, 0.1) is 19.0 Å². The zero-order valence-electron chi connectivity index (χ0n) is 20.4. The van der Waals surface area contributed by atoms with Gasteiger partial charge in [0.2, 0.25) is 0 Å². The Morgan fingerprint density at radius 3 is 2.56 bits per heavy atom. The first-order valence-corrected chi connectivity index (χ1v) is 12.1. The monoisotopic (exact) mass is 486 g/mol. The molecule has 8 nitrogen and oxygen atoms in total. The lowest BCUT2D eigenvalue weighted by Gasteiger charge is -2.36. The van der Waals surface area contributed by atoms with Crippen LogP contribution in [-0.2, 0) is 6.54 Å². The zero-order valence-corrected chi connectivity index (χ0v) is 20.4. The number of ether oxygens (including phenoxy) is 3. The van der Waals surface area contributed by atoms with Crippen molar-refractivity contribution in [1.29, 1.82) is 0 Å². The first kappa shape index (κ1) is 23.7. The molecule has 0 radical (unpaired) electrons. The van der Waals surface area contributed by atoms with Crippen LogP contribution in [0.25, 0.3) is 0 Å². The third kappa shape index (κ3) is 5.44. The highest BCUT2D eigenvalue weighted by Crippen LogP contribution is 2.32. The number of nitrogens with one attached hydrogen (secondary N) is 1. The summed E-state index contributed by atoms with van der Waals surface area (Å²) in [5.74, 6) is 1.99. The van der Waals surface area contributed by atoms with Gasteiger partial charge in [-0.1, -0.05) is 30.3 Å². The highest BCUT2D eigenvalue weighted by molar-refractivity contribution is 5.95. The quantitative estimate of drug-likeness (QED) is 0.407. The number of anilines is 1. The number of fused-ring (bicyclic) bond motifs is 1. The molecule has 2 heterocycles. The van der Waals surface area contributed by atoms with Crippen molar-refractivity contribution in [3.05, 3.63) is 83.4 Å². The second-order valence-corrected chi connectivity index (χ2v) is 8.70. The van der Waals surface area contributed by atoms with Gasteiger partial charge in [0, 0.05) is 43.9 Å². The molecular formula is C28H30N4O4. The van der Waals surface area contributed by atoms with Gasteiger partial charge in [-0.05, 0) is 42.0 Å². The van der Waals surface area contributed by atoms with Crippen molar-refractivity contribution in [3.8, 4) is 17.2 Å². The number of hydrazone groups is 1. The Morgan fingerprint density at radius 2 is 1.75 bits per heavy atom. The van der Waals surface area contributed by atoms with Crippen LogP contribution in [0.2, 0.25) is 0 Å². The van der Waals surface area contributed by atoms with E-state index < -0.39 is 0 Å². The molecule has 1 amide bonds. The maximum absolute atomic E-state index is 12.5. The maximum atomic E-state index is 12.5. The summed E-state index contributed by atoms with van der Waals surface area (Å²) in [6, 6.07) is 21.4. The molecule has 1 saturated heterocycles. The summed E-state index contributed by atoms with van der Waals surface area (Å²) >= 11 is 0. The summed E-state index contributed by atoms with van der Waals surface area (Å²) in [6.45, 7) is 5.69. The number of rotatable bonds is 7. The van der Waals surface area contributed by atoms with Crippen molar-refractivity contribution < 1.29 is 19.0 Å². The Hall–Kier alpha value is -4.04. The van der Waals surface area contributed by atoms with Gasteiger partial charge in [-0.25, -0.2) is 5.43 Å². The molecule has 0 saturated carbocycles. The van der Waals surface area contributed by atoms with Gasteiger partial charge in [0.25, 0.3) is 5.91 Å². The predicted octanol–water partition coefficient (Wildman–Crippen LogP) is 3.55. The number of methoxy groups -OCH3 is 1. The minimum absolute atomic E-state index is 0.259. The number of hydrogen-bond donors (Lipinski definition) is 1. The van der Waals surface area contributed by atoms with Crippen molar-refractivity contribution in [3.63, 3.8) is 0 Å². The van der Waals surface area contributed by atoms with Crippen LogP contribution in [0.1, 0.15) is 21.5 Å². The standard InChI is InChI=1S/C28H30N4O4/c1-34-25-7-3-2-6-24(25)32-15-13-31(14-16-32)20-21-9-11-22(12-10-21)28(33)30-29-19-23-5-4-8-26-27(23)36-18-17-35-26/h2-12,19H,13-18,20H2,1H3,(H,30,33)/b29-19-. The van der Waals surface area contributed by atoms with E-state index in [1.165, 1.54) is 5.56 Å². The van der Waals surface area contributed by atoms with Crippen molar-refractivity contribution in [2.24, 2.45) is 5.10 Å². The predicted molar refractivity (Wildman–Crippen MR) is 139 cm³/mol. The second kappa shape index (κ2) is 11.1. The smallest absolute Gasteiger partial charge is 0.271 e. The molecule has 3 aromatic carbocycles. The third-order valence-electron chi connectivity index (χ3n) is 6.39. The van der Waals surface area contributed by atoms with E-state index in [1.807, 2.05) is 60.7 Å². The summed E-state index contributed by atoms with van der Waals surface area (Å²) in [7, 11) is 1.71. The normalized spacial score (nSPS) is 15.6. The van der Waals surface area contributed by atoms with Gasteiger partial charge in [0.1, 0.15) is 19.0 Å². The Labute approximate surface area is 211 Å². The Kier molecular flexibility index (Phi) is 7.33. The lowest BCUT2D eigenvalue weighted by Crippen LogP contribution is -2.46. The summed E-state index contributed by atoms with van der Waals surface area (Å²) in [5, 5.41) is 4.10. The van der Waals surface area contributed by atoms with Crippen LogP contribution >= 0.6 is 0 Å². The molecular weight excluding hydrogens is 456 g/mol. The van der Waals surface area contributed by atoms with Crippen LogP contribution in [0.15, 0.2) is 71.8 Å². The minimum atomic E-state index is -0.259. The van der Waals surface area contributed by atoms with E-state index in [4.69, 9.17) is 14.2 Å². The Morgan fingerprint density at radius 1 is 0.972 bits per heavy atom. The molecule has 0 bridgehead atoms. The third-order valence-corrected chi connectivity index (χ3v) is 6.39. The van der Waals surface area contributed by atoms with E-state index >= 15 is 0 Å². The molecule has 1 N–H and O–H groups in total. The van der Waals surface area contributed by atoms with Crippen LogP contribution in [-0.4, -0.2) is 63.5 Å². The summed E-state index contributed by atoms with van der Waals surface area (Å²) < 4.78 is 16.8. The van der Waals surface area contributed by atoms with Crippen LogP contribution in [0.4, 0.5) is 5.69 Å². The fourth-order valence-electron chi connectivity index (χ4n) is 4.48. The number of amides is 1. The Bertz CT molecular complexity index is 1220. The van der Waals surface area contributed by atoms with Crippen LogP contribution in [0.5, 0.6) is 17.2 Å². The molecule has 2 aliphatic heterocycles. The first-order chi connectivity index (χ1) is 17.7. The number of piperazine rings is 1. The van der Waals surface area contributed by atoms with E-state index in [9.17, 15) is 4.79 Å². The number of nitrogens with zero attached hydrogens (tertiary/aromatic N) is 3. The van der Waals surface area contributed by atoms with Crippen molar-refractivity contribution in [2.45, 2.75) is 6.54 Å². The summed E-state index contributed by atoms with van der Waals surface area (Å²) in [5.41, 5.74) is 6.23. The molecule has 2 aliphatic rings. The molecule has 0 aromatic heterocycles. The molecule has 5 rings (SSSR count). The maximum Gasteiger partial charge on any atom is 0.271 e. The van der Waals surface area contributed by atoms with E-state index in [2.05, 4.69) is 26.4 Å². The summed E-state index contributed by atoms with van der Waals surface area (Å²) in [4.78, 5) is 17.3.